The number of ether oxygens (including phenoxy) is 2. The Hall–Kier alpha value is -2.18. The highest BCUT2D eigenvalue weighted by atomic mass is 35.5. The van der Waals surface area contributed by atoms with Crippen LogP contribution in [-0.2, 0) is 16.0 Å². The van der Waals surface area contributed by atoms with Gasteiger partial charge in [-0.05, 0) is 30.7 Å². The van der Waals surface area contributed by atoms with Crippen molar-refractivity contribution in [3.05, 3.63) is 64.7 Å². The summed E-state index contributed by atoms with van der Waals surface area (Å²) in [4.78, 5) is 14.6. The van der Waals surface area contributed by atoms with Crippen molar-refractivity contribution in [3.63, 3.8) is 0 Å². The van der Waals surface area contributed by atoms with Crippen molar-refractivity contribution in [1.29, 1.82) is 0 Å². The monoisotopic (exact) mass is 395 g/mol. The van der Waals surface area contributed by atoms with Crippen LogP contribution in [0.15, 0.2) is 48.5 Å². The third kappa shape index (κ3) is 4.96. The Morgan fingerprint density at radius 3 is 2.81 bits per heavy atom. The summed E-state index contributed by atoms with van der Waals surface area (Å²) >= 11 is 6.25. The van der Waals surface area contributed by atoms with E-state index in [1.165, 1.54) is 12.1 Å². The second kappa shape index (κ2) is 8.67. The molecule has 0 saturated carbocycles. The molecule has 2 atom stereocenters. The lowest BCUT2D eigenvalue weighted by Crippen LogP contribution is -2.48. The van der Waals surface area contributed by atoms with Crippen molar-refractivity contribution in [3.8, 4) is 5.75 Å². The Morgan fingerprint density at radius 2 is 2.07 bits per heavy atom. The molecule has 1 amide bonds. The molecule has 1 saturated heterocycles. The number of carbonyl (C=O) groups is 1. The van der Waals surface area contributed by atoms with Gasteiger partial charge in [-0.2, -0.15) is 8.78 Å². The number of alkyl halides is 2. The maximum atomic E-state index is 12.8. The van der Waals surface area contributed by atoms with Crippen LogP contribution in [0.4, 0.5) is 8.78 Å². The van der Waals surface area contributed by atoms with Crippen molar-refractivity contribution in [2.24, 2.45) is 0 Å². The van der Waals surface area contributed by atoms with Gasteiger partial charge in [0, 0.05) is 10.6 Å². The van der Waals surface area contributed by atoms with Gasteiger partial charge in [-0.3, -0.25) is 4.79 Å². The number of morpholine rings is 1. The number of nitrogens with zero attached hydrogens (tertiary/aromatic N) is 1. The summed E-state index contributed by atoms with van der Waals surface area (Å²) in [5, 5.41) is 0.598. The maximum absolute atomic E-state index is 12.8. The molecule has 0 aliphatic carbocycles. The van der Waals surface area contributed by atoms with Gasteiger partial charge in [0.2, 0.25) is 5.91 Å². The first-order chi connectivity index (χ1) is 12.9. The number of hydrogen-bond donors (Lipinski definition) is 0. The normalized spacial score (nSPS) is 20.0. The quantitative estimate of drug-likeness (QED) is 0.749. The van der Waals surface area contributed by atoms with Gasteiger partial charge in [0.05, 0.1) is 25.6 Å². The number of rotatable bonds is 5. The zero-order valence-corrected chi connectivity index (χ0v) is 15.5. The molecule has 7 heteroatoms. The van der Waals surface area contributed by atoms with Crippen LogP contribution in [0.1, 0.15) is 24.2 Å². The number of hydrogen-bond acceptors (Lipinski definition) is 3. The molecule has 0 radical (unpaired) electrons. The van der Waals surface area contributed by atoms with Crippen LogP contribution in [0.25, 0.3) is 0 Å². The van der Waals surface area contributed by atoms with Crippen LogP contribution in [0, 0.1) is 0 Å². The summed E-state index contributed by atoms with van der Waals surface area (Å²) in [6, 6.07) is 13.5. The molecule has 27 heavy (non-hydrogen) atoms. The first-order valence-electron chi connectivity index (χ1n) is 8.63. The molecular formula is C20H20ClF2NO3. The first kappa shape index (κ1) is 19.6. The lowest BCUT2D eigenvalue weighted by Gasteiger charge is -2.38. The molecule has 1 fully saturated rings. The van der Waals surface area contributed by atoms with Gasteiger partial charge in [-0.15, -0.1) is 0 Å². The zero-order chi connectivity index (χ0) is 19.4. The Kier molecular flexibility index (Phi) is 6.29. The van der Waals surface area contributed by atoms with Crippen LogP contribution in [-0.4, -0.2) is 36.6 Å². The van der Waals surface area contributed by atoms with Crippen molar-refractivity contribution in [1.82, 2.24) is 4.90 Å². The molecule has 0 bridgehead atoms. The van der Waals surface area contributed by atoms with E-state index in [9.17, 15) is 13.6 Å². The second-order valence-electron chi connectivity index (χ2n) is 6.44. The molecule has 2 aromatic rings. The summed E-state index contributed by atoms with van der Waals surface area (Å²) < 4.78 is 35.0. The second-order valence-corrected chi connectivity index (χ2v) is 6.85. The third-order valence-corrected chi connectivity index (χ3v) is 4.83. The number of halogens is 3. The van der Waals surface area contributed by atoms with E-state index in [4.69, 9.17) is 16.3 Å². The standard InChI is InChI=1S/C20H20ClF2NO3/c1-13-12-26-18(16-7-2-3-8-17(16)21)11-24(13)19(25)10-14-5-4-6-15(9-14)27-20(22)23/h2-9,13,18,20H,10-12H2,1H3. The van der Waals surface area contributed by atoms with Gasteiger partial charge in [0.25, 0.3) is 0 Å². The van der Waals surface area contributed by atoms with E-state index >= 15 is 0 Å². The van der Waals surface area contributed by atoms with E-state index < -0.39 is 6.61 Å². The van der Waals surface area contributed by atoms with Gasteiger partial charge in [-0.1, -0.05) is 41.9 Å². The average molecular weight is 396 g/mol. The lowest BCUT2D eigenvalue weighted by molar-refractivity contribution is -0.143. The molecule has 3 rings (SSSR count). The van der Waals surface area contributed by atoms with E-state index in [1.807, 2.05) is 25.1 Å². The smallest absolute Gasteiger partial charge is 0.387 e. The highest BCUT2D eigenvalue weighted by Crippen LogP contribution is 2.30. The van der Waals surface area contributed by atoms with Crippen LogP contribution in [0.2, 0.25) is 5.02 Å². The van der Waals surface area contributed by atoms with E-state index in [2.05, 4.69) is 4.74 Å². The fourth-order valence-electron chi connectivity index (χ4n) is 3.14. The first-order valence-corrected chi connectivity index (χ1v) is 9.01. The highest BCUT2D eigenvalue weighted by molar-refractivity contribution is 6.31. The summed E-state index contributed by atoms with van der Waals surface area (Å²) in [5.74, 6) is -0.0590. The molecular weight excluding hydrogens is 376 g/mol. The molecule has 144 valence electrons. The summed E-state index contributed by atoms with van der Waals surface area (Å²) in [7, 11) is 0. The minimum atomic E-state index is -2.90. The minimum Gasteiger partial charge on any atom is -0.435 e. The van der Waals surface area contributed by atoms with E-state index in [-0.39, 0.29) is 30.2 Å². The highest BCUT2D eigenvalue weighted by Gasteiger charge is 2.31. The molecule has 1 aliphatic rings. The van der Waals surface area contributed by atoms with Crippen LogP contribution >= 0.6 is 11.6 Å². The molecule has 1 heterocycles. The van der Waals surface area contributed by atoms with Gasteiger partial charge in [-0.25, -0.2) is 0 Å². The van der Waals surface area contributed by atoms with Crippen molar-refractivity contribution in [2.45, 2.75) is 32.1 Å². The average Bonchev–Trinajstić information content (AvgIpc) is 2.62. The Bertz CT molecular complexity index is 802. The number of carbonyl (C=O) groups excluding carboxylic acids is 1. The summed E-state index contributed by atoms with van der Waals surface area (Å²) in [6.45, 7) is -0.198. The number of benzene rings is 2. The van der Waals surface area contributed by atoms with Crippen molar-refractivity contribution >= 4 is 17.5 Å². The molecule has 2 aromatic carbocycles. The minimum absolute atomic E-state index is 0.0410. The van der Waals surface area contributed by atoms with Crippen molar-refractivity contribution < 1.29 is 23.0 Å². The molecule has 0 aromatic heterocycles. The van der Waals surface area contributed by atoms with Gasteiger partial charge in [0.1, 0.15) is 11.9 Å². The lowest BCUT2D eigenvalue weighted by atomic mass is 10.0. The predicted octanol–water partition coefficient (Wildman–Crippen LogP) is 4.47. The van der Waals surface area contributed by atoms with Crippen LogP contribution < -0.4 is 4.74 Å². The Labute approximate surface area is 161 Å². The summed E-state index contributed by atoms with van der Waals surface area (Å²) in [5.41, 5.74) is 1.46. The largest absolute Gasteiger partial charge is 0.435 e. The topological polar surface area (TPSA) is 38.8 Å². The van der Waals surface area contributed by atoms with E-state index in [0.717, 1.165) is 5.56 Å². The fraction of sp³-hybridized carbons (Fsp3) is 0.350. The predicted molar refractivity (Wildman–Crippen MR) is 98.1 cm³/mol. The van der Waals surface area contributed by atoms with Crippen LogP contribution in [0.3, 0.4) is 0 Å². The number of amides is 1. The SMILES string of the molecule is CC1COC(c2ccccc2Cl)CN1C(=O)Cc1cccc(OC(F)F)c1. The maximum Gasteiger partial charge on any atom is 0.387 e. The van der Waals surface area contributed by atoms with E-state index in [0.29, 0.717) is 23.7 Å². The third-order valence-electron chi connectivity index (χ3n) is 4.48. The Balaban J connectivity index is 1.70. The zero-order valence-electron chi connectivity index (χ0n) is 14.8. The molecule has 0 spiro atoms. The molecule has 0 N–H and O–H groups in total. The van der Waals surface area contributed by atoms with Gasteiger partial charge in [0.15, 0.2) is 0 Å². The molecule has 4 nitrogen and oxygen atoms in total. The van der Waals surface area contributed by atoms with Crippen LogP contribution in [0.5, 0.6) is 5.75 Å². The van der Waals surface area contributed by atoms with Gasteiger partial charge < -0.3 is 14.4 Å². The van der Waals surface area contributed by atoms with Gasteiger partial charge >= 0.3 is 6.61 Å². The Morgan fingerprint density at radius 1 is 1.30 bits per heavy atom. The van der Waals surface area contributed by atoms with Crippen molar-refractivity contribution in [2.75, 3.05) is 13.2 Å². The summed E-state index contributed by atoms with van der Waals surface area (Å²) in [6.07, 6.45) is -0.202. The fourth-order valence-corrected chi connectivity index (χ4v) is 3.39. The molecule has 1 aliphatic heterocycles. The molecule has 2 unspecified atom stereocenters. The van der Waals surface area contributed by atoms with E-state index in [1.54, 1.807) is 23.1 Å².